The molecule has 0 amide bonds. The molecule has 0 bridgehead atoms. The van der Waals surface area contributed by atoms with Crippen LogP contribution < -0.4 is 0 Å². The first-order chi connectivity index (χ1) is 16.1. The maximum Gasteiger partial charge on any atom is 0.178 e. The summed E-state index contributed by atoms with van der Waals surface area (Å²) in [5.41, 5.74) is -1.55. The zero-order chi connectivity index (χ0) is 25.8. The molecule has 0 aromatic carbocycles. The standard InChI is InChI=1S/C30H41NO4/c1-25(2)21-7-8-28(5)22(27(21,4)14-18(16-31)24(25)34)13-20(33)23-19-15-30(35,17-32)12-10-26(19,3)9-11-29(23,28)6/h13-14,19,21,23,32,35H,7-12,15,17H2,1-6H3/t19-,21-,23-,26-,27-,28+,29+,30?/m0/s1. The summed E-state index contributed by atoms with van der Waals surface area (Å²) in [5, 5.41) is 30.9. The van der Waals surface area contributed by atoms with Crippen molar-refractivity contribution in [1.29, 1.82) is 5.26 Å². The Kier molecular flexibility index (Phi) is 5.10. The maximum absolute atomic E-state index is 14.1. The molecule has 0 aliphatic heterocycles. The van der Waals surface area contributed by atoms with Crippen molar-refractivity contribution in [3.05, 3.63) is 23.3 Å². The molecule has 0 spiro atoms. The first-order valence-corrected chi connectivity index (χ1v) is 13.4. The van der Waals surface area contributed by atoms with Crippen molar-refractivity contribution in [2.45, 2.75) is 92.1 Å². The first kappa shape index (κ1) is 24.9. The van der Waals surface area contributed by atoms with Crippen molar-refractivity contribution in [3.63, 3.8) is 0 Å². The molecular weight excluding hydrogens is 438 g/mol. The number of nitriles is 1. The number of ketones is 2. The molecule has 5 aliphatic rings. The minimum Gasteiger partial charge on any atom is -0.393 e. The molecule has 5 aliphatic carbocycles. The smallest absolute Gasteiger partial charge is 0.178 e. The van der Waals surface area contributed by atoms with E-state index in [1.165, 1.54) is 0 Å². The van der Waals surface area contributed by atoms with E-state index in [2.05, 4.69) is 33.8 Å². The van der Waals surface area contributed by atoms with Crippen molar-refractivity contribution < 1.29 is 19.8 Å². The quantitative estimate of drug-likeness (QED) is 0.556. The lowest BCUT2D eigenvalue weighted by atomic mass is 9.34. The van der Waals surface area contributed by atoms with E-state index in [1.807, 2.05) is 26.0 Å². The van der Waals surface area contributed by atoms with E-state index in [1.54, 1.807) is 0 Å². The van der Waals surface area contributed by atoms with E-state index in [4.69, 9.17) is 0 Å². The highest BCUT2D eigenvalue weighted by Crippen LogP contribution is 2.74. The van der Waals surface area contributed by atoms with Gasteiger partial charge < -0.3 is 10.2 Å². The Morgan fingerprint density at radius 2 is 1.69 bits per heavy atom. The van der Waals surface area contributed by atoms with Crippen LogP contribution in [0.3, 0.4) is 0 Å². The molecule has 1 unspecified atom stereocenters. The summed E-state index contributed by atoms with van der Waals surface area (Å²) >= 11 is 0. The molecule has 5 nitrogen and oxygen atoms in total. The number of hydrogen-bond donors (Lipinski definition) is 2. The van der Waals surface area contributed by atoms with Gasteiger partial charge in [0.2, 0.25) is 0 Å². The van der Waals surface area contributed by atoms with E-state index in [0.29, 0.717) is 12.8 Å². The number of aliphatic hydroxyl groups excluding tert-OH is 1. The Hall–Kier alpha value is -1.77. The van der Waals surface area contributed by atoms with Crippen LogP contribution in [0.4, 0.5) is 0 Å². The average Bonchev–Trinajstić information content (AvgIpc) is 2.79. The molecule has 2 N–H and O–H groups in total. The SMILES string of the molecule is CC1(C)C(=O)C(C#N)=C[C@]2(C)C3=CC(=O)[C@@H]4[C@@H]5CC(O)(CO)CC[C@]5(C)CC[C@@]4(C)[C@]3(C)CC[C@@H]12. The summed E-state index contributed by atoms with van der Waals surface area (Å²) in [5.74, 6) is -0.103. The lowest BCUT2D eigenvalue weighted by molar-refractivity contribution is -0.182. The van der Waals surface area contributed by atoms with E-state index in [-0.39, 0.29) is 57.7 Å². The number of carbonyl (C=O) groups is 2. The van der Waals surface area contributed by atoms with Gasteiger partial charge in [0.15, 0.2) is 11.6 Å². The van der Waals surface area contributed by atoms with Crippen LogP contribution in [-0.4, -0.2) is 34.0 Å². The van der Waals surface area contributed by atoms with Crippen molar-refractivity contribution in [3.8, 4) is 6.07 Å². The molecular formula is C30H41NO4. The lowest BCUT2D eigenvalue weighted by Crippen LogP contribution is -2.65. The molecule has 0 aromatic heterocycles. The second kappa shape index (κ2) is 7.17. The Morgan fingerprint density at radius 1 is 1.03 bits per heavy atom. The van der Waals surface area contributed by atoms with E-state index in [0.717, 1.165) is 37.7 Å². The number of nitrogens with zero attached hydrogens (tertiary/aromatic N) is 1. The van der Waals surface area contributed by atoms with Crippen LogP contribution in [0.1, 0.15) is 86.5 Å². The van der Waals surface area contributed by atoms with Crippen molar-refractivity contribution >= 4 is 11.6 Å². The Bertz CT molecular complexity index is 1110. The summed E-state index contributed by atoms with van der Waals surface area (Å²) in [4.78, 5) is 27.3. The summed E-state index contributed by atoms with van der Waals surface area (Å²) in [6, 6.07) is 2.16. The van der Waals surface area contributed by atoms with Gasteiger partial charge in [0, 0.05) is 16.7 Å². The van der Waals surface area contributed by atoms with Gasteiger partial charge in [-0.15, -0.1) is 0 Å². The average molecular weight is 480 g/mol. The first-order valence-electron chi connectivity index (χ1n) is 13.4. The minimum absolute atomic E-state index is 0.0167. The third-order valence-corrected chi connectivity index (χ3v) is 12.2. The Balaban J connectivity index is 1.68. The third kappa shape index (κ3) is 2.93. The van der Waals surface area contributed by atoms with Gasteiger partial charge in [-0.25, -0.2) is 0 Å². The predicted molar refractivity (Wildman–Crippen MR) is 133 cm³/mol. The minimum atomic E-state index is -1.12. The van der Waals surface area contributed by atoms with Crippen LogP contribution in [0, 0.1) is 56.2 Å². The third-order valence-electron chi connectivity index (χ3n) is 12.2. The zero-order valence-electron chi connectivity index (χ0n) is 22.2. The van der Waals surface area contributed by atoms with E-state index in [9.17, 15) is 25.1 Å². The van der Waals surface area contributed by atoms with Gasteiger partial charge in [0.05, 0.1) is 17.8 Å². The number of aliphatic hydroxyl groups is 2. The molecule has 8 atom stereocenters. The fourth-order valence-corrected chi connectivity index (χ4v) is 9.74. The molecule has 35 heavy (non-hydrogen) atoms. The van der Waals surface area contributed by atoms with Gasteiger partial charge in [-0.05, 0) is 79.1 Å². The highest BCUT2D eigenvalue weighted by molar-refractivity contribution is 6.04. The topological polar surface area (TPSA) is 98.4 Å². The number of hydrogen-bond acceptors (Lipinski definition) is 5. The fraction of sp³-hybridized carbons (Fsp3) is 0.767. The van der Waals surface area contributed by atoms with Gasteiger partial charge in [-0.2, -0.15) is 5.26 Å². The number of Topliss-reactive ketones (excluding diaryl/α,β-unsaturated/α-hetero) is 1. The largest absolute Gasteiger partial charge is 0.393 e. The van der Waals surface area contributed by atoms with Gasteiger partial charge in [0.1, 0.15) is 6.07 Å². The van der Waals surface area contributed by atoms with Gasteiger partial charge >= 0.3 is 0 Å². The normalized spacial score (nSPS) is 50.5. The highest BCUT2D eigenvalue weighted by atomic mass is 16.3. The van der Waals surface area contributed by atoms with Gasteiger partial charge in [0.25, 0.3) is 0 Å². The van der Waals surface area contributed by atoms with Crippen molar-refractivity contribution in [2.24, 2.45) is 44.8 Å². The maximum atomic E-state index is 14.1. The van der Waals surface area contributed by atoms with Crippen LogP contribution in [0.5, 0.6) is 0 Å². The second-order valence-corrected chi connectivity index (χ2v) is 14.1. The van der Waals surface area contributed by atoms with Crippen LogP contribution in [0.2, 0.25) is 0 Å². The summed E-state index contributed by atoms with van der Waals surface area (Å²) in [6.07, 6.45) is 9.36. The van der Waals surface area contributed by atoms with Crippen LogP contribution in [0.25, 0.3) is 0 Å². The predicted octanol–water partition coefficient (Wildman–Crippen LogP) is 4.92. The summed E-state index contributed by atoms with van der Waals surface area (Å²) < 4.78 is 0. The molecule has 190 valence electrons. The molecule has 0 saturated heterocycles. The summed E-state index contributed by atoms with van der Waals surface area (Å²) in [7, 11) is 0. The molecule has 0 aromatic rings. The Morgan fingerprint density at radius 3 is 2.31 bits per heavy atom. The molecule has 5 heteroatoms. The van der Waals surface area contributed by atoms with Crippen LogP contribution in [-0.2, 0) is 9.59 Å². The Labute approximate surface area is 209 Å². The van der Waals surface area contributed by atoms with Crippen molar-refractivity contribution in [1.82, 2.24) is 0 Å². The molecule has 5 rings (SSSR count). The summed E-state index contributed by atoms with van der Waals surface area (Å²) in [6.45, 7) is 12.7. The molecule has 0 radical (unpaired) electrons. The molecule has 3 fully saturated rings. The van der Waals surface area contributed by atoms with Crippen LogP contribution in [0.15, 0.2) is 23.3 Å². The number of fused-ring (bicyclic) bond motifs is 7. The molecule has 0 heterocycles. The van der Waals surface area contributed by atoms with Crippen LogP contribution >= 0.6 is 0 Å². The van der Waals surface area contributed by atoms with E-state index >= 15 is 0 Å². The highest BCUT2D eigenvalue weighted by Gasteiger charge is 2.69. The zero-order valence-corrected chi connectivity index (χ0v) is 22.2. The lowest BCUT2D eigenvalue weighted by Gasteiger charge is -2.69. The second-order valence-electron chi connectivity index (χ2n) is 14.1. The fourth-order valence-electron chi connectivity index (χ4n) is 9.74. The monoisotopic (exact) mass is 479 g/mol. The number of carbonyl (C=O) groups excluding carboxylic acids is 2. The van der Waals surface area contributed by atoms with E-state index < -0.39 is 16.4 Å². The number of rotatable bonds is 1. The number of allylic oxidation sites excluding steroid dienone is 4. The van der Waals surface area contributed by atoms with Gasteiger partial charge in [-0.3, -0.25) is 9.59 Å². The van der Waals surface area contributed by atoms with Crippen molar-refractivity contribution in [2.75, 3.05) is 6.61 Å². The van der Waals surface area contributed by atoms with Gasteiger partial charge in [-0.1, -0.05) is 53.2 Å². The molecule has 3 saturated carbocycles.